The summed E-state index contributed by atoms with van der Waals surface area (Å²) in [6, 6.07) is 8.31. The highest BCUT2D eigenvalue weighted by Gasteiger charge is 2.12. The summed E-state index contributed by atoms with van der Waals surface area (Å²) in [4.78, 5) is 15.4. The van der Waals surface area contributed by atoms with Crippen molar-refractivity contribution in [2.45, 2.75) is 6.92 Å². The van der Waals surface area contributed by atoms with E-state index in [1.54, 1.807) is 24.3 Å². The molecular formula is C14H11N3O2. The molecule has 0 saturated carbocycles. The van der Waals surface area contributed by atoms with Gasteiger partial charge in [0.15, 0.2) is 11.5 Å². The summed E-state index contributed by atoms with van der Waals surface area (Å²) in [6.45, 7) is 1.43. The molecule has 1 aromatic carbocycles. The fourth-order valence-electron chi connectivity index (χ4n) is 1.58. The average molecular weight is 253 g/mol. The monoisotopic (exact) mass is 253 g/mol. The van der Waals surface area contributed by atoms with Gasteiger partial charge in [0.2, 0.25) is 0 Å². The topological polar surface area (TPSA) is 89.0 Å². The second-order valence-electron chi connectivity index (χ2n) is 3.90. The lowest BCUT2D eigenvalue weighted by molar-refractivity contribution is 0.101. The maximum atomic E-state index is 11.5. The number of hydrogen-bond acceptors (Lipinski definition) is 5. The molecule has 0 radical (unpaired) electrons. The number of aromatic nitrogens is 1. The number of hydrogen-bond donors (Lipinski definition) is 1. The molecule has 0 aliphatic heterocycles. The smallest absolute Gasteiger partial charge is 0.163 e. The Morgan fingerprint density at radius 3 is 2.84 bits per heavy atom. The maximum absolute atomic E-state index is 11.5. The Morgan fingerprint density at radius 1 is 1.37 bits per heavy atom. The van der Waals surface area contributed by atoms with Gasteiger partial charge >= 0.3 is 0 Å². The number of benzene rings is 1. The van der Waals surface area contributed by atoms with Crippen LogP contribution in [0, 0.1) is 11.3 Å². The fourth-order valence-corrected chi connectivity index (χ4v) is 1.58. The molecule has 0 aliphatic carbocycles. The highest BCUT2D eigenvalue weighted by Crippen LogP contribution is 2.28. The minimum atomic E-state index is -0.162. The first-order valence-electron chi connectivity index (χ1n) is 5.54. The van der Waals surface area contributed by atoms with Crippen molar-refractivity contribution in [2.75, 3.05) is 5.73 Å². The van der Waals surface area contributed by atoms with Crippen molar-refractivity contribution in [3.05, 3.63) is 47.8 Å². The molecule has 1 heterocycles. The lowest BCUT2D eigenvalue weighted by atomic mass is 10.1. The van der Waals surface area contributed by atoms with Crippen LogP contribution < -0.4 is 10.5 Å². The molecule has 0 saturated heterocycles. The normalized spacial score (nSPS) is 9.68. The highest BCUT2D eigenvalue weighted by atomic mass is 16.5. The Bertz CT molecular complexity index is 675. The standard InChI is InChI=1S/C14H11N3O2/c1-9(18)12-6-11(16)2-3-13(12)19-14-8-17-5-4-10(14)7-15/h2-6,8H,16H2,1H3. The Morgan fingerprint density at radius 2 is 2.16 bits per heavy atom. The number of ether oxygens (including phenoxy) is 1. The number of carbonyl (C=O) groups excluding carboxylic acids is 1. The van der Waals surface area contributed by atoms with Gasteiger partial charge in [-0.05, 0) is 31.2 Å². The number of pyridine rings is 1. The Labute approximate surface area is 110 Å². The molecule has 0 aliphatic rings. The maximum Gasteiger partial charge on any atom is 0.163 e. The van der Waals surface area contributed by atoms with Gasteiger partial charge in [-0.3, -0.25) is 9.78 Å². The van der Waals surface area contributed by atoms with E-state index in [0.717, 1.165) is 0 Å². The van der Waals surface area contributed by atoms with Crippen LogP contribution in [0.1, 0.15) is 22.8 Å². The van der Waals surface area contributed by atoms with Crippen LogP contribution in [0.4, 0.5) is 5.69 Å². The van der Waals surface area contributed by atoms with Gasteiger partial charge in [-0.25, -0.2) is 0 Å². The molecule has 19 heavy (non-hydrogen) atoms. The molecule has 2 N–H and O–H groups in total. The minimum Gasteiger partial charge on any atom is -0.454 e. The summed E-state index contributed by atoms with van der Waals surface area (Å²) in [5.74, 6) is 0.494. The van der Waals surface area contributed by atoms with Crippen molar-refractivity contribution in [3.8, 4) is 17.6 Å². The number of rotatable bonds is 3. The third-order valence-electron chi connectivity index (χ3n) is 2.51. The summed E-state index contributed by atoms with van der Waals surface area (Å²) in [7, 11) is 0. The molecule has 5 heteroatoms. The zero-order valence-corrected chi connectivity index (χ0v) is 10.3. The second-order valence-corrected chi connectivity index (χ2v) is 3.90. The van der Waals surface area contributed by atoms with E-state index in [2.05, 4.69) is 4.98 Å². The zero-order chi connectivity index (χ0) is 13.8. The first-order valence-corrected chi connectivity index (χ1v) is 5.54. The van der Waals surface area contributed by atoms with E-state index in [1.807, 2.05) is 6.07 Å². The molecule has 94 valence electrons. The molecule has 0 atom stereocenters. The van der Waals surface area contributed by atoms with Crippen LogP contribution in [-0.2, 0) is 0 Å². The molecule has 0 spiro atoms. The number of nitrogens with zero attached hydrogens (tertiary/aromatic N) is 2. The molecule has 0 fully saturated rings. The molecule has 2 aromatic rings. The van der Waals surface area contributed by atoms with E-state index in [4.69, 9.17) is 15.7 Å². The van der Waals surface area contributed by atoms with Gasteiger partial charge in [-0.1, -0.05) is 0 Å². The summed E-state index contributed by atoms with van der Waals surface area (Å²) in [5.41, 5.74) is 6.84. The molecule has 1 aromatic heterocycles. The number of Topliss-reactive ketones (excluding diaryl/α,β-unsaturated/α-hetero) is 1. The Kier molecular flexibility index (Phi) is 3.44. The first-order chi connectivity index (χ1) is 9.11. The van der Waals surface area contributed by atoms with Gasteiger partial charge in [0.25, 0.3) is 0 Å². The van der Waals surface area contributed by atoms with Crippen molar-refractivity contribution in [2.24, 2.45) is 0 Å². The lowest BCUT2D eigenvalue weighted by Gasteiger charge is -2.10. The number of anilines is 1. The van der Waals surface area contributed by atoms with Gasteiger partial charge in [0, 0.05) is 11.9 Å². The van der Waals surface area contributed by atoms with Gasteiger partial charge in [-0.15, -0.1) is 0 Å². The number of carbonyl (C=O) groups is 1. The minimum absolute atomic E-state index is 0.162. The predicted octanol–water partition coefficient (Wildman–Crippen LogP) is 2.53. The summed E-state index contributed by atoms with van der Waals surface area (Å²) in [6.07, 6.45) is 2.93. The van der Waals surface area contributed by atoms with Crippen LogP contribution in [0.5, 0.6) is 11.5 Å². The zero-order valence-electron chi connectivity index (χ0n) is 10.3. The quantitative estimate of drug-likeness (QED) is 0.670. The average Bonchev–Trinajstić information content (AvgIpc) is 2.41. The van der Waals surface area contributed by atoms with Gasteiger partial charge in [0.05, 0.1) is 17.3 Å². The summed E-state index contributed by atoms with van der Waals surface area (Å²) < 4.78 is 5.59. The van der Waals surface area contributed by atoms with Crippen molar-refractivity contribution in [3.63, 3.8) is 0 Å². The van der Waals surface area contributed by atoms with Crippen LogP contribution in [0.3, 0.4) is 0 Å². The second kappa shape index (κ2) is 5.19. The van der Waals surface area contributed by atoms with E-state index in [0.29, 0.717) is 28.3 Å². The molecule has 5 nitrogen and oxygen atoms in total. The highest BCUT2D eigenvalue weighted by molar-refractivity contribution is 5.97. The summed E-state index contributed by atoms with van der Waals surface area (Å²) >= 11 is 0. The largest absolute Gasteiger partial charge is 0.454 e. The Balaban J connectivity index is 2.44. The number of nitrogen functional groups attached to an aromatic ring is 1. The van der Waals surface area contributed by atoms with Crippen LogP contribution in [0.25, 0.3) is 0 Å². The van der Waals surface area contributed by atoms with Crippen LogP contribution >= 0.6 is 0 Å². The summed E-state index contributed by atoms with van der Waals surface area (Å²) in [5, 5.41) is 8.97. The van der Waals surface area contributed by atoms with Crippen LogP contribution in [0.2, 0.25) is 0 Å². The van der Waals surface area contributed by atoms with E-state index < -0.39 is 0 Å². The molecule has 0 amide bonds. The third kappa shape index (κ3) is 2.69. The lowest BCUT2D eigenvalue weighted by Crippen LogP contribution is -2.00. The van der Waals surface area contributed by atoms with Crippen molar-refractivity contribution >= 4 is 11.5 Å². The van der Waals surface area contributed by atoms with Crippen molar-refractivity contribution in [1.82, 2.24) is 4.98 Å². The van der Waals surface area contributed by atoms with Crippen LogP contribution in [0.15, 0.2) is 36.7 Å². The van der Waals surface area contributed by atoms with Crippen LogP contribution in [-0.4, -0.2) is 10.8 Å². The number of nitriles is 1. The van der Waals surface area contributed by atoms with Crippen molar-refractivity contribution in [1.29, 1.82) is 5.26 Å². The third-order valence-corrected chi connectivity index (χ3v) is 2.51. The predicted molar refractivity (Wildman–Crippen MR) is 69.9 cm³/mol. The van der Waals surface area contributed by atoms with Crippen molar-refractivity contribution < 1.29 is 9.53 Å². The number of ketones is 1. The molecular weight excluding hydrogens is 242 g/mol. The van der Waals surface area contributed by atoms with Gasteiger partial charge in [0.1, 0.15) is 11.8 Å². The molecule has 0 unspecified atom stereocenters. The first kappa shape index (κ1) is 12.6. The van der Waals surface area contributed by atoms with E-state index in [-0.39, 0.29) is 5.78 Å². The van der Waals surface area contributed by atoms with E-state index in [9.17, 15) is 4.79 Å². The molecule has 0 bridgehead atoms. The molecule has 2 rings (SSSR count). The fraction of sp³-hybridized carbons (Fsp3) is 0.0714. The Hall–Kier alpha value is -2.87. The van der Waals surface area contributed by atoms with Gasteiger partial charge < -0.3 is 10.5 Å². The van der Waals surface area contributed by atoms with E-state index in [1.165, 1.54) is 19.3 Å². The van der Waals surface area contributed by atoms with E-state index >= 15 is 0 Å². The SMILES string of the molecule is CC(=O)c1cc(N)ccc1Oc1cnccc1C#N. The van der Waals surface area contributed by atoms with Gasteiger partial charge in [-0.2, -0.15) is 5.26 Å². The number of nitrogens with two attached hydrogens (primary N) is 1.